The molecule has 5 heteroatoms. The molecule has 5 nitrogen and oxygen atoms in total. The van der Waals surface area contributed by atoms with Gasteiger partial charge in [0, 0.05) is 31.9 Å². The van der Waals surface area contributed by atoms with Gasteiger partial charge in [-0.1, -0.05) is 6.07 Å². The maximum absolute atomic E-state index is 11.6. The Bertz CT molecular complexity index is 503. The Labute approximate surface area is 112 Å². The number of fused-ring (bicyclic) bond motifs is 1. The zero-order chi connectivity index (χ0) is 13.4. The molecule has 2 aliphatic heterocycles. The molecule has 0 saturated carbocycles. The second-order valence-corrected chi connectivity index (χ2v) is 5.25. The molecule has 1 unspecified atom stereocenters. The fourth-order valence-corrected chi connectivity index (χ4v) is 2.89. The van der Waals surface area contributed by atoms with E-state index >= 15 is 0 Å². The molecule has 2 saturated heterocycles. The fourth-order valence-electron chi connectivity index (χ4n) is 2.89. The summed E-state index contributed by atoms with van der Waals surface area (Å²) >= 11 is 0. The van der Waals surface area contributed by atoms with Gasteiger partial charge in [-0.15, -0.1) is 0 Å². The number of rotatable bonds is 2. The first kappa shape index (κ1) is 12.3. The van der Waals surface area contributed by atoms with Crippen LogP contribution in [0.4, 0.5) is 10.5 Å². The van der Waals surface area contributed by atoms with Crippen molar-refractivity contribution >= 4 is 11.7 Å². The van der Waals surface area contributed by atoms with Gasteiger partial charge in [-0.05, 0) is 30.2 Å². The SMILES string of the molecule is Cc1cc(N2CCN3C(=O)NCC3C2)ccc1CO. The van der Waals surface area contributed by atoms with Crippen LogP contribution in [0, 0.1) is 6.92 Å². The quantitative estimate of drug-likeness (QED) is 0.824. The normalized spacial score (nSPS) is 22.4. The van der Waals surface area contributed by atoms with E-state index < -0.39 is 0 Å². The molecule has 19 heavy (non-hydrogen) atoms. The molecule has 2 amide bonds. The summed E-state index contributed by atoms with van der Waals surface area (Å²) in [5.41, 5.74) is 3.26. The molecule has 0 aliphatic carbocycles. The number of urea groups is 1. The topological polar surface area (TPSA) is 55.8 Å². The second-order valence-electron chi connectivity index (χ2n) is 5.25. The maximum Gasteiger partial charge on any atom is 0.317 e. The van der Waals surface area contributed by atoms with Crippen LogP contribution >= 0.6 is 0 Å². The highest BCUT2D eigenvalue weighted by molar-refractivity contribution is 5.77. The van der Waals surface area contributed by atoms with Crippen LogP contribution in [0.25, 0.3) is 0 Å². The van der Waals surface area contributed by atoms with E-state index in [4.69, 9.17) is 0 Å². The third-order valence-electron chi connectivity index (χ3n) is 4.09. The molecule has 2 fully saturated rings. The van der Waals surface area contributed by atoms with Crippen molar-refractivity contribution in [2.24, 2.45) is 0 Å². The van der Waals surface area contributed by atoms with Crippen molar-refractivity contribution in [1.82, 2.24) is 10.2 Å². The summed E-state index contributed by atoms with van der Waals surface area (Å²) in [6.07, 6.45) is 0. The fraction of sp³-hybridized carbons (Fsp3) is 0.500. The first-order chi connectivity index (χ1) is 9.19. The molecule has 2 N–H and O–H groups in total. The monoisotopic (exact) mass is 261 g/mol. The highest BCUT2D eigenvalue weighted by Gasteiger charge is 2.35. The molecule has 0 aromatic heterocycles. The lowest BCUT2D eigenvalue weighted by molar-refractivity contribution is 0.197. The van der Waals surface area contributed by atoms with Gasteiger partial charge in [0.25, 0.3) is 0 Å². The van der Waals surface area contributed by atoms with Crippen LogP contribution in [-0.4, -0.2) is 48.3 Å². The first-order valence-electron chi connectivity index (χ1n) is 6.69. The van der Waals surface area contributed by atoms with Gasteiger partial charge in [0.15, 0.2) is 0 Å². The Balaban J connectivity index is 1.77. The van der Waals surface area contributed by atoms with Crippen molar-refractivity contribution in [3.05, 3.63) is 29.3 Å². The van der Waals surface area contributed by atoms with E-state index in [-0.39, 0.29) is 18.7 Å². The number of benzene rings is 1. The van der Waals surface area contributed by atoms with Gasteiger partial charge in [-0.25, -0.2) is 4.79 Å². The average Bonchev–Trinajstić information content (AvgIpc) is 2.80. The van der Waals surface area contributed by atoms with E-state index in [0.717, 1.165) is 37.3 Å². The molecular weight excluding hydrogens is 242 g/mol. The lowest BCUT2D eigenvalue weighted by Gasteiger charge is -2.38. The molecule has 2 heterocycles. The Morgan fingerprint density at radius 3 is 3.00 bits per heavy atom. The summed E-state index contributed by atoms with van der Waals surface area (Å²) in [5.74, 6) is 0. The number of hydrogen-bond acceptors (Lipinski definition) is 3. The summed E-state index contributed by atoms with van der Waals surface area (Å²) in [5, 5.41) is 12.1. The number of piperazine rings is 1. The Kier molecular flexibility index (Phi) is 3.06. The second kappa shape index (κ2) is 4.74. The summed E-state index contributed by atoms with van der Waals surface area (Å²) < 4.78 is 0. The van der Waals surface area contributed by atoms with Crippen LogP contribution in [0.1, 0.15) is 11.1 Å². The van der Waals surface area contributed by atoms with Gasteiger partial charge in [0.05, 0.1) is 12.6 Å². The van der Waals surface area contributed by atoms with Crippen LogP contribution in [0.5, 0.6) is 0 Å². The van der Waals surface area contributed by atoms with Crippen LogP contribution in [-0.2, 0) is 6.61 Å². The number of carbonyl (C=O) groups excluding carboxylic acids is 1. The molecule has 1 atom stereocenters. The zero-order valence-corrected chi connectivity index (χ0v) is 11.1. The number of aryl methyl sites for hydroxylation is 1. The van der Waals surface area contributed by atoms with E-state index in [1.807, 2.05) is 17.9 Å². The molecule has 0 radical (unpaired) electrons. The first-order valence-corrected chi connectivity index (χ1v) is 6.69. The standard InChI is InChI=1S/C14H19N3O2/c1-10-6-12(3-2-11(10)9-18)16-4-5-17-13(8-16)7-15-14(17)19/h2-3,6,13,18H,4-5,7-9H2,1H3,(H,15,19). The van der Waals surface area contributed by atoms with Gasteiger partial charge < -0.3 is 20.2 Å². The number of nitrogens with zero attached hydrogens (tertiary/aromatic N) is 2. The van der Waals surface area contributed by atoms with Gasteiger partial charge in [0.2, 0.25) is 0 Å². The van der Waals surface area contributed by atoms with Crippen molar-refractivity contribution in [3.63, 3.8) is 0 Å². The van der Waals surface area contributed by atoms with E-state index in [9.17, 15) is 9.90 Å². The smallest absolute Gasteiger partial charge is 0.317 e. The maximum atomic E-state index is 11.6. The average molecular weight is 261 g/mol. The minimum Gasteiger partial charge on any atom is -0.392 e. The van der Waals surface area contributed by atoms with E-state index in [0.29, 0.717) is 0 Å². The molecule has 3 rings (SSSR count). The highest BCUT2D eigenvalue weighted by Crippen LogP contribution is 2.23. The molecule has 102 valence electrons. The Morgan fingerprint density at radius 1 is 1.42 bits per heavy atom. The molecule has 0 spiro atoms. The van der Waals surface area contributed by atoms with Crippen molar-refractivity contribution in [1.29, 1.82) is 0 Å². The minimum atomic E-state index is 0.0662. The number of aliphatic hydroxyl groups excluding tert-OH is 1. The molecule has 1 aromatic carbocycles. The third kappa shape index (κ3) is 2.14. The van der Waals surface area contributed by atoms with E-state index in [2.05, 4.69) is 22.3 Å². The summed E-state index contributed by atoms with van der Waals surface area (Å²) in [6, 6.07) is 6.49. The van der Waals surface area contributed by atoms with Crippen LogP contribution in [0.15, 0.2) is 18.2 Å². The van der Waals surface area contributed by atoms with Crippen molar-refractivity contribution in [2.75, 3.05) is 31.1 Å². The van der Waals surface area contributed by atoms with Crippen LogP contribution < -0.4 is 10.2 Å². The summed E-state index contributed by atoms with van der Waals surface area (Å²) in [6.45, 7) is 5.35. The van der Waals surface area contributed by atoms with E-state index in [1.165, 1.54) is 5.69 Å². The number of carbonyl (C=O) groups is 1. The summed E-state index contributed by atoms with van der Waals surface area (Å²) in [7, 11) is 0. The number of amides is 2. The molecule has 0 bridgehead atoms. The lowest BCUT2D eigenvalue weighted by atomic mass is 10.1. The summed E-state index contributed by atoms with van der Waals surface area (Å²) in [4.78, 5) is 15.8. The largest absolute Gasteiger partial charge is 0.392 e. The number of anilines is 1. The number of nitrogens with one attached hydrogen (secondary N) is 1. The Morgan fingerprint density at radius 2 is 2.26 bits per heavy atom. The van der Waals surface area contributed by atoms with Crippen molar-refractivity contribution in [2.45, 2.75) is 19.6 Å². The van der Waals surface area contributed by atoms with E-state index in [1.54, 1.807) is 0 Å². The van der Waals surface area contributed by atoms with Crippen molar-refractivity contribution < 1.29 is 9.90 Å². The molecule has 1 aromatic rings. The minimum absolute atomic E-state index is 0.0662. The van der Waals surface area contributed by atoms with Gasteiger partial charge >= 0.3 is 6.03 Å². The predicted octanol–water partition coefficient (Wildman–Crippen LogP) is 0.701. The highest BCUT2D eigenvalue weighted by atomic mass is 16.3. The van der Waals surface area contributed by atoms with Gasteiger partial charge in [0.1, 0.15) is 0 Å². The van der Waals surface area contributed by atoms with Gasteiger partial charge in [-0.2, -0.15) is 0 Å². The Hall–Kier alpha value is -1.75. The van der Waals surface area contributed by atoms with Crippen molar-refractivity contribution in [3.8, 4) is 0 Å². The lowest BCUT2D eigenvalue weighted by Crippen LogP contribution is -2.52. The number of hydrogen-bond donors (Lipinski definition) is 2. The van der Waals surface area contributed by atoms with Gasteiger partial charge in [-0.3, -0.25) is 0 Å². The molecule has 2 aliphatic rings. The predicted molar refractivity (Wildman–Crippen MR) is 73.2 cm³/mol. The third-order valence-corrected chi connectivity index (χ3v) is 4.09. The number of aliphatic hydroxyl groups is 1. The van der Waals surface area contributed by atoms with Crippen LogP contribution in [0.2, 0.25) is 0 Å². The zero-order valence-electron chi connectivity index (χ0n) is 11.1. The molecular formula is C14H19N3O2. The van der Waals surface area contributed by atoms with Crippen LogP contribution in [0.3, 0.4) is 0 Å².